The van der Waals surface area contributed by atoms with E-state index in [1.807, 2.05) is 41.5 Å². The molecule has 0 aliphatic carbocycles. The van der Waals surface area contributed by atoms with Gasteiger partial charge in [-0.05, 0) is 79.2 Å². The van der Waals surface area contributed by atoms with E-state index in [4.69, 9.17) is 0 Å². The molecule has 0 nitrogen and oxygen atoms in total. The lowest BCUT2D eigenvalue weighted by Gasteiger charge is -2.10. The highest BCUT2D eigenvalue weighted by molar-refractivity contribution is 6.03. The zero-order valence-electron chi connectivity index (χ0n) is 25.5. The van der Waals surface area contributed by atoms with Crippen molar-refractivity contribution in [2.45, 2.75) is 74.7 Å². The second kappa shape index (κ2) is 17.0. The molecule has 0 heteroatoms. The van der Waals surface area contributed by atoms with E-state index < -0.39 is 0 Å². The van der Waals surface area contributed by atoms with Crippen LogP contribution in [0.2, 0.25) is 0 Å². The van der Waals surface area contributed by atoms with Gasteiger partial charge in [0.15, 0.2) is 0 Å². The average Bonchev–Trinajstić information content (AvgIpc) is 3.03. The molecule has 0 saturated heterocycles. The predicted octanol–water partition coefficient (Wildman–Crippen LogP) is 12.6. The number of hydrogen-bond acceptors (Lipinski definition) is 0. The van der Waals surface area contributed by atoms with Gasteiger partial charge in [0.25, 0.3) is 0 Å². The van der Waals surface area contributed by atoms with Crippen molar-refractivity contribution in [1.82, 2.24) is 0 Å². The highest BCUT2D eigenvalue weighted by Gasteiger charge is 2.06. The maximum atomic E-state index is 2.30. The van der Waals surface area contributed by atoms with Gasteiger partial charge in [0.05, 0.1) is 0 Å². The summed E-state index contributed by atoms with van der Waals surface area (Å²) in [5.74, 6) is 0. The van der Waals surface area contributed by atoms with Gasteiger partial charge in [-0.3, -0.25) is 0 Å². The lowest BCUT2D eigenvalue weighted by Crippen LogP contribution is -1.89. The Balaban J connectivity index is 0.000000230. The minimum absolute atomic E-state index is 1.09. The van der Waals surface area contributed by atoms with Crippen molar-refractivity contribution in [3.8, 4) is 0 Å². The first kappa shape index (κ1) is 31.6. The largest absolute Gasteiger partial charge is 0.0683 e. The monoisotopic (exact) mass is 516 g/mol. The number of benzene rings is 6. The van der Waals surface area contributed by atoms with Crippen LogP contribution in [0.3, 0.4) is 0 Å². The third kappa shape index (κ3) is 7.48. The third-order valence-corrected chi connectivity index (χ3v) is 6.62. The predicted molar refractivity (Wildman–Crippen MR) is 180 cm³/mol. The van der Waals surface area contributed by atoms with Crippen LogP contribution in [-0.4, -0.2) is 0 Å². The summed E-state index contributed by atoms with van der Waals surface area (Å²) < 4.78 is 0. The van der Waals surface area contributed by atoms with Crippen LogP contribution in [0.5, 0.6) is 0 Å². The maximum absolute atomic E-state index is 2.30. The smallest absolute Gasteiger partial charge is 0.0146 e. The minimum Gasteiger partial charge on any atom is -0.0683 e. The zero-order valence-corrected chi connectivity index (χ0v) is 25.5. The Bertz CT molecular complexity index is 1450. The SMILES string of the molecule is CC.CC.CC.CCCc1c2ccccc2cc2ccccc12.CCc1c2ccccc2cc2ccccc12. The van der Waals surface area contributed by atoms with E-state index in [0.29, 0.717) is 0 Å². The van der Waals surface area contributed by atoms with Crippen molar-refractivity contribution in [1.29, 1.82) is 0 Å². The summed E-state index contributed by atoms with van der Waals surface area (Å²) in [4.78, 5) is 0. The van der Waals surface area contributed by atoms with Crippen LogP contribution < -0.4 is 0 Å². The van der Waals surface area contributed by atoms with Crippen molar-refractivity contribution in [3.05, 3.63) is 120 Å². The molecule has 0 heterocycles. The molecule has 0 saturated carbocycles. The molecule has 0 fully saturated rings. The Hall–Kier alpha value is -3.64. The molecule has 0 radical (unpaired) electrons. The summed E-state index contributed by atoms with van der Waals surface area (Å²) in [6.07, 6.45) is 3.43. The van der Waals surface area contributed by atoms with E-state index in [9.17, 15) is 0 Å². The molecule has 0 spiro atoms. The van der Waals surface area contributed by atoms with Crippen LogP contribution in [0.25, 0.3) is 43.1 Å². The van der Waals surface area contributed by atoms with E-state index in [-0.39, 0.29) is 0 Å². The topological polar surface area (TPSA) is 0 Å². The lowest BCUT2D eigenvalue weighted by atomic mass is 9.94. The van der Waals surface area contributed by atoms with Gasteiger partial charge in [-0.25, -0.2) is 0 Å². The van der Waals surface area contributed by atoms with Crippen LogP contribution in [-0.2, 0) is 12.8 Å². The Kier molecular flexibility index (Phi) is 13.8. The average molecular weight is 517 g/mol. The molecule has 0 unspecified atom stereocenters. The fourth-order valence-electron chi connectivity index (χ4n) is 5.12. The molecule has 6 aromatic carbocycles. The summed E-state index contributed by atoms with van der Waals surface area (Å²) >= 11 is 0. The van der Waals surface area contributed by atoms with Crippen LogP contribution in [0.1, 0.15) is 72.9 Å². The summed E-state index contributed by atoms with van der Waals surface area (Å²) in [5.41, 5.74) is 2.97. The molecule has 0 amide bonds. The fourth-order valence-corrected chi connectivity index (χ4v) is 5.12. The van der Waals surface area contributed by atoms with E-state index >= 15 is 0 Å². The van der Waals surface area contributed by atoms with Crippen molar-refractivity contribution in [3.63, 3.8) is 0 Å². The molecule has 0 N–H and O–H groups in total. The van der Waals surface area contributed by atoms with E-state index in [1.54, 1.807) is 0 Å². The first-order chi connectivity index (χ1) is 19.3. The molecule has 39 heavy (non-hydrogen) atoms. The number of fused-ring (bicyclic) bond motifs is 4. The molecule has 204 valence electrons. The van der Waals surface area contributed by atoms with Crippen LogP contribution in [0.4, 0.5) is 0 Å². The van der Waals surface area contributed by atoms with E-state index in [0.717, 1.165) is 12.8 Å². The Labute approximate surface area is 237 Å². The van der Waals surface area contributed by atoms with Gasteiger partial charge >= 0.3 is 0 Å². The quantitative estimate of drug-likeness (QED) is 0.205. The Morgan fingerprint density at radius 3 is 0.949 bits per heavy atom. The summed E-state index contributed by atoms with van der Waals surface area (Å²) in [6, 6.07) is 39.3. The van der Waals surface area contributed by atoms with Crippen molar-refractivity contribution in [2.75, 3.05) is 0 Å². The highest BCUT2D eigenvalue weighted by Crippen LogP contribution is 2.30. The molecule has 0 bridgehead atoms. The summed E-state index contributed by atoms with van der Waals surface area (Å²) in [5, 5.41) is 11.0. The second-order valence-electron chi connectivity index (χ2n) is 8.70. The Morgan fingerprint density at radius 1 is 0.385 bits per heavy atom. The maximum Gasteiger partial charge on any atom is -0.0146 e. The molecule has 0 atom stereocenters. The normalized spacial score (nSPS) is 9.85. The number of aryl methyl sites for hydroxylation is 2. The van der Waals surface area contributed by atoms with Crippen molar-refractivity contribution < 1.29 is 0 Å². The van der Waals surface area contributed by atoms with Gasteiger partial charge in [-0.2, -0.15) is 0 Å². The molecule has 6 aromatic rings. The van der Waals surface area contributed by atoms with Gasteiger partial charge in [0.2, 0.25) is 0 Å². The number of rotatable bonds is 3. The van der Waals surface area contributed by atoms with Crippen LogP contribution in [0.15, 0.2) is 109 Å². The fraction of sp³-hybridized carbons (Fsp3) is 0.282. The van der Waals surface area contributed by atoms with E-state index in [2.05, 4.69) is 123 Å². The molecular weight excluding hydrogens is 468 g/mol. The van der Waals surface area contributed by atoms with Gasteiger partial charge in [-0.1, -0.05) is 159 Å². The first-order valence-corrected chi connectivity index (χ1v) is 15.1. The molecule has 0 aromatic heterocycles. The standard InChI is InChI=1S/C17H16.C16H14.3C2H6/c1-2-7-17-15-10-5-3-8-13(15)12-14-9-4-6-11-16(14)17;1-2-14-15-9-5-3-7-12(15)11-13-8-4-6-10-16(13)14;3*1-2/h3-6,8-12H,2,7H2,1H3;3-11H,2H2,1H3;3*1-2H3. The Morgan fingerprint density at radius 2 is 0.667 bits per heavy atom. The number of hydrogen-bond donors (Lipinski definition) is 0. The van der Waals surface area contributed by atoms with Crippen LogP contribution >= 0.6 is 0 Å². The minimum atomic E-state index is 1.09. The van der Waals surface area contributed by atoms with Gasteiger partial charge in [0, 0.05) is 0 Å². The first-order valence-electron chi connectivity index (χ1n) is 15.1. The zero-order chi connectivity index (χ0) is 28.6. The second-order valence-corrected chi connectivity index (χ2v) is 8.70. The van der Waals surface area contributed by atoms with E-state index in [1.165, 1.54) is 60.6 Å². The van der Waals surface area contributed by atoms with Gasteiger partial charge in [0.1, 0.15) is 0 Å². The summed E-state index contributed by atoms with van der Waals surface area (Å²) in [6.45, 7) is 16.5. The lowest BCUT2D eigenvalue weighted by molar-refractivity contribution is 0.936. The molecular formula is C39H48. The highest BCUT2D eigenvalue weighted by atomic mass is 14.1. The van der Waals surface area contributed by atoms with Gasteiger partial charge < -0.3 is 0 Å². The van der Waals surface area contributed by atoms with Crippen molar-refractivity contribution >= 4 is 43.1 Å². The third-order valence-electron chi connectivity index (χ3n) is 6.62. The molecule has 0 aliphatic rings. The molecule has 6 rings (SSSR count). The van der Waals surface area contributed by atoms with Crippen LogP contribution in [0, 0.1) is 0 Å². The summed E-state index contributed by atoms with van der Waals surface area (Å²) in [7, 11) is 0. The molecule has 0 aliphatic heterocycles. The van der Waals surface area contributed by atoms with Crippen molar-refractivity contribution in [2.24, 2.45) is 0 Å². The van der Waals surface area contributed by atoms with Gasteiger partial charge in [-0.15, -0.1) is 0 Å².